The van der Waals surface area contributed by atoms with Crippen LogP contribution in [0.2, 0.25) is 0 Å². The maximum Gasteiger partial charge on any atom is 0.220 e. The van der Waals surface area contributed by atoms with Crippen LogP contribution < -0.4 is 11.1 Å². The molecule has 0 fully saturated rings. The number of nitrogens with zero attached hydrogens (tertiary/aromatic N) is 1. The Bertz CT molecular complexity index is 221. The second kappa shape index (κ2) is 10.9. The van der Waals surface area contributed by atoms with Crippen LogP contribution in [0.5, 0.6) is 0 Å². The molecular formula is C12H29Cl2N3O. The fourth-order valence-corrected chi connectivity index (χ4v) is 1.70. The Morgan fingerprint density at radius 1 is 1.33 bits per heavy atom. The number of halogens is 2. The van der Waals surface area contributed by atoms with E-state index in [1.165, 1.54) is 0 Å². The summed E-state index contributed by atoms with van der Waals surface area (Å²) in [5.74, 6) is 0.101. The van der Waals surface area contributed by atoms with Gasteiger partial charge in [-0.2, -0.15) is 0 Å². The summed E-state index contributed by atoms with van der Waals surface area (Å²) in [6.07, 6.45) is 1.27. The quantitative estimate of drug-likeness (QED) is 0.752. The highest BCUT2D eigenvalue weighted by Gasteiger charge is 2.19. The lowest BCUT2D eigenvalue weighted by Crippen LogP contribution is -2.40. The Morgan fingerprint density at radius 3 is 2.22 bits per heavy atom. The van der Waals surface area contributed by atoms with Crippen LogP contribution in [0.4, 0.5) is 0 Å². The van der Waals surface area contributed by atoms with Gasteiger partial charge in [-0.3, -0.25) is 4.79 Å². The third-order valence-electron chi connectivity index (χ3n) is 2.34. The Hall–Kier alpha value is -0.0300. The minimum absolute atomic E-state index is 0. The van der Waals surface area contributed by atoms with Crippen molar-refractivity contribution in [2.45, 2.75) is 39.7 Å². The highest BCUT2D eigenvalue weighted by molar-refractivity contribution is 5.85. The number of hydrogen-bond donors (Lipinski definition) is 2. The summed E-state index contributed by atoms with van der Waals surface area (Å²) in [5, 5.41) is 2.96. The summed E-state index contributed by atoms with van der Waals surface area (Å²) in [4.78, 5) is 13.6. The van der Waals surface area contributed by atoms with Crippen molar-refractivity contribution in [2.75, 3.05) is 27.2 Å². The molecule has 1 atom stereocenters. The molecule has 0 aromatic carbocycles. The zero-order valence-corrected chi connectivity index (χ0v) is 13.8. The standard InChI is InChI=1S/C12H27N3O.2ClH/c1-10(13)6-7-11(16)14-8-12(2,3)9-15(4)5;;/h10H,6-9,13H2,1-5H3,(H,14,16);2*1H. The largest absolute Gasteiger partial charge is 0.356 e. The lowest BCUT2D eigenvalue weighted by Gasteiger charge is -2.28. The van der Waals surface area contributed by atoms with E-state index in [-0.39, 0.29) is 42.2 Å². The van der Waals surface area contributed by atoms with Crippen LogP contribution in [0.25, 0.3) is 0 Å². The number of hydrogen-bond acceptors (Lipinski definition) is 3. The first-order chi connectivity index (χ1) is 7.23. The molecule has 0 radical (unpaired) electrons. The van der Waals surface area contributed by atoms with Gasteiger partial charge in [0.25, 0.3) is 0 Å². The highest BCUT2D eigenvalue weighted by atomic mass is 35.5. The molecule has 3 N–H and O–H groups in total. The first kappa shape index (κ1) is 23.1. The van der Waals surface area contributed by atoms with Crippen molar-refractivity contribution in [1.29, 1.82) is 0 Å². The number of amides is 1. The molecule has 18 heavy (non-hydrogen) atoms. The molecule has 6 heteroatoms. The summed E-state index contributed by atoms with van der Waals surface area (Å²) >= 11 is 0. The van der Waals surface area contributed by atoms with Gasteiger partial charge in [0.15, 0.2) is 0 Å². The van der Waals surface area contributed by atoms with Crippen LogP contribution in [0, 0.1) is 5.41 Å². The first-order valence-corrected chi connectivity index (χ1v) is 5.90. The van der Waals surface area contributed by atoms with Crippen molar-refractivity contribution < 1.29 is 4.79 Å². The van der Waals surface area contributed by atoms with E-state index in [2.05, 4.69) is 24.1 Å². The molecule has 0 rings (SSSR count). The monoisotopic (exact) mass is 301 g/mol. The minimum atomic E-state index is 0. The molecule has 0 spiro atoms. The highest BCUT2D eigenvalue weighted by Crippen LogP contribution is 2.14. The van der Waals surface area contributed by atoms with Crippen molar-refractivity contribution in [3.05, 3.63) is 0 Å². The SMILES string of the molecule is CC(N)CCC(=O)NCC(C)(C)CN(C)C.Cl.Cl. The molecule has 0 heterocycles. The Kier molecular flexibility index (Phi) is 13.9. The Labute approximate surface area is 124 Å². The number of rotatable bonds is 7. The summed E-state index contributed by atoms with van der Waals surface area (Å²) in [6, 6.07) is 0.0977. The van der Waals surface area contributed by atoms with E-state index in [1.54, 1.807) is 0 Å². The third-order valence-corrected chi connectivity index (χ3v) is 2.34. The van der Waals surface area contributed by atoms with Gasteiger partial charge in [-0.05, 0) is 32.9 Å². The van der Waals surface area contributed by atoms with Gasteiger partial charge < -0.3 is 16.0 Å². The second-order valence-electron chi connectivity index (χ2n) is 5.69. The maximum atomic E-state index is 11.5. The van der Waals surface area contributed by atoms with E-state index >= 15 is 0 Å². The summed E-state index contributed by atoms with van der Waals surface area (Å²) < 4.78 is 0. The molecule has 0 saturated heterocycles. The lowest BCUT2D eigenvalue weighted by molar-refractivity contribution is -0.121. The summed E-state index contributed by atoms with van der Waals surface area (Å²) in [6.45, 7) is 7.89. The zero-order chi connectivity index (χ0) is 12.8. The number of carbonyl (C=O) groups excluding carboxylic acids is 1. The lowest BCUT2D eigenvalue weighted by atomic mass is 9.93. The summed E-state index contributed by atoms with van der Waals surface area (Å²) in [7, 11) is 4.08. The van der Waals surface area contributed by atoms with Crippen molar-refractivity contribution in [3.8, 4) is 0 Å². The van der Waals surface area contributed by atoms with Crippen molar-refractivity contribution in [1.82, 2.24) is 10.2 Å². The van der Waals surface area contributed by atoms with Gasteiger partial charge in [0.1, 0.15) is 0 Å². The van der Waals surface area contributed by atoms with Crippen molar-refractivity contribution in [2.24, 2.45) is 11.1 Å². The normalized spacial score (nSPS) is 12.4. The first-order valence-electron chi connectivity index (χ1n) is 5.90. The molecule has 0 aliphatic heterocycles. The fraction of sp³-hybridized carbons (Fsp3) is 0.917. The predicted molar refractivity (Wildman–Crippen MR) is 82.7 cm³/mol. The average molecular weight is 302 g/mol. The summed E-state index contributed by atoms with van der Waals surface area (Å²) in [5.41, 5.74) is 5.71. The van der Waals surface area contributed by atoms with Crippen LogP contribution in [-0.4, -0.2) is 44.0 Å². The molecule has 0 aromatic rings. The average Bonchev–Trinajstić information content (AvgIpc) is 2.09. The molecule has 0 aliphatic rings. The van der Waals surface area contributed by atoms with Gasteiger partial charge in [-0.1, -0.05) is 13.8 Å². The van der Waals surface area contributed by atoms with Crippen LogP contribution in [0.1, 0.15) is 33.6 Å². The molecule has 0 saturated carbocycles. The molecule has 0 aromatic heterocycles. The van der Waals surface area contributed by atoms with E-state index in [0.29, 0.717) is 13.0 Å². The number of nitrogens with two attached hydrogens (primary N) is 1. The Balaban J connectivity index is -0.00000112. The molecule has 112 valence electrons. The molecule has 4 nitrogen and oxygen atoms in total. The molecular weight excluding hydrogens is 273 g/mol. The van der Waals surface area contributed by atoms with Gasteiger partial charge in [0, 0.05) is 25.6 Å². The maximum absolute atomic E-state index is 11.5. The van der Waals surface area contributed by atoms with E-state index in [1.807, 2.05) is 21.0 Å². The third kappa shape index (κ3) is 14.0. The van der Waals surface area contributed by atoms with Gasteiger partial charge in [0.05, 0.1) is 0 Å². The number of nitrogens with one attached hydrogen (secondary N) is 1. The van der Waals surface area contributed by atoms with Crippen LogP contribution in [-0.2, 0) is 4.79 Å². The Morgan fingerprint density at radius 2 is 1.83 bits per heavy atom. The predicted octanol–water partition coefficient (Wildman–Crippen LogP) is 1.66. The molecule has 0 bridgehead atoms. The molecule has 0 aliphatic carbocycles. The van der Waals surface area contributed by atoms with Crippen LogP contribution in [0.15, 0.2) is 0 Å². The van der Waals surface area contributed by atoms with E-state index in [9.17, 15) is 4.79 Å². The van der Waals surface area contributed by atoms with Gasteiger partial charge >= 0.3 is 0 Å². The van der Waals surface area contributed by atoms with E-state index in [0.717, 1.165) is 13.0 Å². The van der Waals surface area contributed by atoms with Crippen LogP contribution in [0.3, 0.4) is 0 Å². The molecule has 1 amide bonds. The van der Waals surface area contributed by atoms with E-state index in [4.69, 9.17) is 5.73 Å². The topological polar surface area (TPSA) is 58.4 Å². The van der Waals surface area contributed by atoms with Gasteiger partial charge in [0.2, 0.25) is 5.91 Å². The van der Waals surface area contributed by atoms with Crippen molar-refractivity contribution in [3.63, 3.8) is 0 Å². The van der Waals surface area contributed by atoms with Gasteiger partial charge in [-0.25, -0.2) is 0 Å². The smallest absolute Gasteiger partial charge is 0.220 e. The van der Waals surface area contributed by atoms with Crippen LogP contribution >= 0.6 is 24.8 Å². The van der Waals surface area contributed by atoms with E-state index < -0.39 is 0 Å². The minimum Gasteiger partial charge on any atom is -0.356 e. The number of carbonyl (C=O) groups is 1. The van der Waals surface area contributed by atoms with Gasteiger partial charge in [-0.15, -0.1) is 24.8 Å². The van der Waals surface area contributed by atoms with Crippen molar-refractivity contribution >= 4 is 30.7 Å². The second-order valence-corrected chi connectivity index (χ2v) is 5.69. The molecule has 1 unspecified atom stereocenters. The fourth-order valence-electron chi connectivity index (χ4n) is 1.70. The zero-order valence-electron chi connectivity index (χ0n) is 12.2.